The average molecular weight is 391 g/mol. The molecule has 1 rings (SSSR count). The van der Waals surface area contributed by atoms with Crippen LogP contribution in [-0.4, -0.2) is 48.0 Å². The van der Waals surface area contributed by atoms with Crippen molar-refractivity contribution in [1.29, 1.82) is 0 Å². The second-order valence-electron chi connectivity index (χ2n) is 6.12. The lowest BCUT2D eigenvalue weighted by atomic mass is 10.1. The van der Waals surface area contributed by atoms with E-state index in [1.807, 2.05) is 13.8 Å². The molecule has 0 saturated heterocycles. The minimum Gasteiger partial charge on any atom is -0.337 e. The molecule has 0 spiro atoms. The Hall–Kier alpha value is -1.42. The van der Waals surface area contributed by atoms with Crippen LogP contribution in [0.5, 0.6) is 0 Å². The minimum atomic E-state index is -0.506. The monoisotopic (exact) mass is 390 g/mol. The SMILES string of the molecule is CC(C)CCC(=O)NC(=O)NCCSSCC(=O)NC(=O)NC1CC1. The van der Waals surface area contributed by atoms with Gasteiger partial charge in [-0.3, -0.25) is 20.2 Å². The van der Waals surface area contributed by atoms with Crippen LogP contribution in [0, 0.1) is 5.92 Å². The Bertz CT molecular complexity index is 484. The lowest BCUT2D eigenvalue weighted by Gasteiger charge is -2.07. The van der Waals surface area contributed by atoms with Crippen molar-refractivity contribution in [2.24, 2.45) is 5.92 Å². The highest BCUT2D eigenvalue weighted by atomic mass is 33.1. The molecular weight excluding hydrogens is 364 g/mol. The van der Waals surface area contributed by atoms with Crippen molar-refractivity contribution in [3.8, 4) is 0 Å². The van der Waals surface area contributed by atoms with E-state index in [1.54, 1.807) is 0 Å². The molecule has 0 bridgehead atoms. The summed E-state index contributed by atoms with van der Waals surface area (Å²) >= 11 is 0. The van der Waals surface area contributed by atoms with E-state index in [2.05, 4.69) is 21.3 Å². The van der Waals surface area contributed by atoms with E-state index in [4.69, 9.17) is 0 Å². The summed E-state index contributed by atoms with van der Waals surface area (Å²) in [6.07, 6.45) is 3.01. The average Bonchev–Trinajstić information content (AvgIpc) is 3.32. The van der Waals surface area contributed by atoms with Crippen molar-refractivity contribution in [3.05, 3.63) is 0 Å². The van der Waals surface area contributed by atoms with E-state index in [0.717, 1.165) is 19.3 Å². The van der Waals surface area contributed by atoms with Gasteiger partial charge in [-0.25, -0.2) is 9.59 Å². The van der Waals surface area contributed by atoms with Crippen LogP contribution in [0.15, 0.2) is 0 Å². The van der Waals surface area contributed by atoms with Gasteiger partial charge in [0.2, 0.25) is 11.8 Å². The van der Waals surface area contributed by atoms with Gasteiger partial charge in [0.25, 0.3) is 0 Å². The summed E-state index contributed by atoms with van der Waals surface area (Å²) < 4.78 is 0. The van der Waals surface area contributed by atoms with Crippen molar-refractivity contribution in [2.45, 2.75) is 45.6 Å². The van der Waals surface area contributed by atoms with E-state index in [-0.39, 0.29) is 23.6 Å². The van der Waals surface area contributed by atoms with E-state index in [0.29, 0.717) is 24.6 Å². The molecule has 142 valence electrons. The van der Waals surface area contributed by atoms with Gasteiger partial charge in [0.15, 0.2) is 0 Å². The molecule has 0 radical (unpaired) electrons. The van der Waals surface area contributed by atoms with E-state index < -0.39 is 12.1 Å². The minimum absolute atomic E-state index is 0.155. The topological polar surface area (TPSA) is 116 Å². The fourth-order valence-corrected chi connectivity index (χ4v) is 3.37. The van der Waals surface area contributed by atoms with Crippen LogP contribution in [0.2, 0.25) is 0 Å². The van der Waals surface area contributed by atoms with Crippen molar-refractivity contribution in [2.75, 3.05) is 18.1 Å². The van der Waals surface area contributed by atoms with Gasteiger partial charge in [0.1, 0.15) is 0 Å². The Morgan fingerprint density at radius 3 is 2.32 bits per heavy atom. The highest BCUT2D eigenvalue weighted by Crippen LogP contribution is 2.20. The summed E-state index contributed by atoms with van der Waals surface area (Å²) in [4.78, 5) is 45.8. The van der Waals surface area contributed by atoms with Crippen molar-refractivity contribution < 1.29 is 19.2 Å². The third-order valence-corrected chi connectivity index (χ3v) is 5.38. The molecule has 25 heavy (non-hydrogen) atoms. The first-order chi connectivity index (χ1) is 11.9. The Labute approximate surface area is 155 Å². The van der Waals surface area contributed by atoms with E-state index in [9.17, 15) is 19.2 Å². The van der Waals surface area contributed by atoms with Gasteiger partial charge >= 0.3 is 12.1 Å². The van der Waals surface area contributed by atoms with E-state index >= 15 is 0 Å². The lowest BCUT2D eigenvalue weighted by Crippen LogP contribution is -2.41. The molecule has 0 heterocycles. The summed E-state index contributed by atoms with van der Waals surface area (Å²) in [6.45, 7) is 4.41. The number of urea groups is 2. The Kier molecular flexibility index (Phi) is 10.4. The normalized spacial score (nSPS) is 13.2. The summed E-state index contributed by atoms with van der Waals surface area (Å²) in [6, 6.07) is -0.739. The molecule has 4 N–H and O–H groups in total. The molecule has 8 nitrogen and oxygen atoms in total. The maximum absolute atomic E-state index is 11.5. The van der Waals surface area contributed by atoms with Crippen molar-refractivity contribution in [1.82, 2.24) is 21.3 Å². The van der Waals surface area contributed by atoms with E-state index in [1.165, 1.54) is 21.6 Å². The molecule has 6 amide bonds. The first-order valence-corrected chi connectivity index (χ1v) is 10.8. The Morgan fingerprint density at radius 2 is 1.68 bits per heavy atom. The largest absolute Gasteiger partial charge is 0.337 e. The number of hydrogen-bond donors (Lipinski definition) is 4. The number of carbonyl (C=O) groups excluding carboxylic acids is 4. The fourth-order valence-electron chi connectivity index (χ4n) is 1.63. The van der Waals surface area contributed by atoms with Crippen LogP contribution in [0.1, 0.15) is 39.5 Å². The molecule has 0 aromatic heterocycles. The zero-order valence-electron chi connectivity index (χ0n) is 14.6. The summed E-state index contributed by atoms with van der Waals surface area (Å²) in [5, 5.41) is 9.78. The molecule has 1 fully saturated rings. The molecule has 0 aromatic rings. The van der Waals surface area contributed by atoms with Gasteiger partial charge in [-0.2, -0.15) is 0 Å². The molecule has 1 aliphatic rings. The zero-order valence-corrected chi connectivity index (χ0v) is 16.2. The summed E-state index contributed by atoms with van der Waals surface area (Å²) in [5.41, 5.74) is 0. The predicted molar refractivity (Wildman–Crippen MR) is 100 cm³/mol. The molecule has 0 aromatic carbocycles. The zero-order chi connectivity index (χ0) is 18.7. The number of rotatable bonds is 10. The number of imide groups is 2. The summed E-state index contributed by atoms with van der Waals surface area (Å²) in [7, 11) is 2.71. The van der Waals surface area contributed by atoms with Gasteiger partial charge < -0.3 is 10.6 Å². The van der Waals surface area contributed by atoms with Crippen molar-refractivity contribution >= 4 is 45.5 Å². The number of nitrogens with one attached hydrogen (secondary N) is 4. The molecule has 0 aliphatic heterocycles. The van der Waals surface area contributed by atoms with Gasteiger partial charge in [-0.1, -0.05) is 35.4 Å². The second kappa shape index (κ2) is 12.0. The van der Waals surface area contributed by atoms with Gasteiger partial charge in [0.05, 0.1) is 5.75 Å². The van der Waals surface area contributed by atoms with Crippen LogP contribution in [0.4, 0.5) is 9.59 Å². The lowest BCUT2D eigenvalue weighted by molar-refractivity contribution is -0.120. The third-order valence-electron chi connectivity index (χ3n) is 3.11. The molecule has 0 unspecified atom stereocenters. The first kappa shape index (κ1) is 21.6. The quantitative estimate of drug-likeness (QED) is 0.333. The van der Waals surface area contributed by atoms with Gasteiger partial charge in [-0.05, 0) is 25.2 Å². The smallest absolute Gasteiger partial charge is 0.321 e. The van der Waals surface area contributed by atoms with Crippen LogP contribution in [0.3, 0.4) is 0 Å². The maximum Gasteiger partial charge on any atom is 0.321 e. The predicted octanol–water partition coefficient (Wildman–Crippen LogP) is 1.62. The fraction of sp³-hybridized carbons (Fsp3) is 0.733. The molecule has 1 saturated carbocycles. The highest BCUT2D eigenvalue weighted by Gasteiger charge is 2.23. The summed E-state index contributed by atoms with van der Waals surface area (Å²) in [5.74, 6) is 0.522. The number of hydrogen-bond acceptors (Lipinski definition) is 6. The third kappa shape index (κ3) is 12.6. The Morgan fingerprint density at radius 1 is 1.00 bits per heavy atom. The van der Waals surface area contributed by atoms with Crippen LogP contribution >= 0.6 is 21.6 Å². The first-order valence-electron chi connectivity index (χ1n) is 8.29. The van der Waals surface area contributed by atoms with Crippen LogP contribution in [0.25, 0.3) is 0 Å². The van der Waals surface area contributed by atoms with Crippen molar-refractivity contribution in [3.63, 3.8) is 0 Å². The second-order valence-corrected chi connectivity index (χ2v) is 8.70. The number of amides is 6. The maximum atomic E-state index is 11.5. The molecule has 1 aliphatic carbocycles. The standard InChI is InChI=1S/C15H26N4O4S2/c1-10(2)3-6-12(20)18-14(22)16-7-8-24-25-9-13(21)19-15(23)17-11-4-5-11/h10-11H,3-9H2,1-2H3,(H2,16,18,20,22)(H2,17,19,21,23). The van der Waals surface area contributed by atoms with Crippen LogP contribution < -0.4 is 21.3 Å². The Balaban J connectivity index is 1.94. The molecular formula is C15H26N4O4S2. The molecule has 10 heteroatoms. The molecule has 0 atom stereocenters. The highest BCUT2D eigenvalue weighted by molar-refractivity contribution is 8.76. The van der Waals surface area contributed by atoms with Gasteiger partial charge in [0, 0.05) is 24.8 Å². The van der Waals surface area contributed by atoms with Gasteiger partial charge in [-0.15, -0.1) is 0 Å². The number of carbonyl (C=O) groups is 4. The van der Waals surface area contributed by atoms with Crippen LogP contribution in [-0.2, 0) is 9.59 Å².